The molecule has 0 fully saturated rings. The van der Waals surface area contributed by atoms with E-state index < -0.39 is 23.5 Å². The van der Waals surface area contributed by atoms with Gasteiger partial charge in [0.05, 0.1) is 0 Å². The molecule has 0 amide bonds. The van der Waals surface area contributed by atoms with Crippen molar-refractivity contribution in [3.8, 4) is 11.1 Å². The van der Waals surface area contributed by atoms with Crippen molar-refractivity contribution in [1.82, 2.24) is 0 Å². The summed E-state index contributed by atoms with van der Waals surface area (Å²) < 4.78 is 75.6. The number of hydrogen-bond donors (Lipinski definition) is 0. The van der Waals surface area contributed by atoms with Gasteiger partial charge in [0.15, 0.2) is 0 Å². The number of fused-ring (bicyclic) bond motifs is 3. The van der Waals surface area contributed by atoms with Crippen molar-refractivity contribution in [2.75, 3.05) is 0 Å². The maximum Gasteiger partial charge on any atom is -1.00 e. The van der Waals surface area contributed by atoms with Gasteiger partial charge in [-0.2, -0.15) is 46.5 Å². The van der Waals surface area contributed by atoms with E-state index in [1.165, 1.54) is 99.2 Å². The largest absolute Gasteiger partial charge is 1.00 e. The molecule has 0 radical (unpaired) electrons. The summed E-state index contributed by atoms with van der Waals surface area (Å²) in [7, 11) is 0. The quantitative estimate of drug-likeness (QED) is 0.127. The van der Waals surface area contributed by atoms with E-state index in [9.17, 15) is 26.3 Å². The zero-order chi connectivity index (χ0) is 38.6. The molecule has 5 aromatic rings. The summed E-state index contributed by atoms with van der Waals surface area (Å²) in [6.07, 6.45) is -3.93. The number of unbranched alkanes of at least 4 members (excludes halogenated alkanes) is 1. The summed E-state index contributed by atoms with van der Waals surface area (Å²) in [4.78, 5) is 0. The van der Waals surface area contributed by atoms with Gasteiger partial charge in [-0.25, -0.2) is 6.07 Å². The van der Waals surface area contributed by atoms with Crippen LogP contribution in [0.2, 0.25) is 0 Å². The Morgan fingerprint density at radius 1 is 0.685 bits per heavy atom. The first-order valence-electron chi connectivity index (χ1n) is 17.5. The number of rotatable bonds is 5. The Bertz CT molecular complexity index is 1880. The van der Waals surface area contributed by atoms with Crippen LogP contribution in [0.4, 0.5) is 26.3 Å². The summed E-state index contributed by atoms with van der Waals surface area (Å²) in [5.41, 5.74) is 13.9. The van der Waals surface area contributed by atoms with E-state index >= 15 is 0 Å². The van der Waals surface area contributed by atoms with E-state index in [1.54, 1.807) is 0 Å². The molecule has 1 aliphatic carbocycles. The second kappa shape index (κ2) is 19.3. The average Bonchev–Trinajstić information content (AvgIpc) is 3.69. The van der Waals surface area contributed by atoms with Crippen LogP contribution in [0, 0.1) is 33.8 Å². The van der Waals surface area contributed by atoms with Crippen molar-refractivity contribution in [3.63, 3.8) is 0 Å². The Kier molecular flexibility index (Phi) is 16.9. The minimum absolute atomic E-state index is 0. The molecule has 0 heterocycles. The van der Waals surface area contributed by atoms with Gasteiger partial charge in [0.25, 0.3) is 0 Å². The number of alkyl halides is 6. The smallest absolute Gasteiger partial charge is 1.00 e. The Hall–Kier alpha value is -2.86. The topological polar surface area (TPSA) is 0 Å². The Morgan fingerprint density at radius 2 is 1.17 bits per heavy atom. The SMILES string of the molecule is CCCCc1cc(C(C)(C)C)c[cH-]1.Cc1[c-]c2c(cc1C)-c1cc(C)c(C)cc1C2.FC(F)(F)c1ccc([C](=[Zr+2])c2ccc(C(F)(F)F)cc2)cc1.[Cl-].[Cl-]. The van der Waals surface area contributed by atoms with Crippen LogP contribution in [-0.4, -0.2) is 3.21 Å². The third kappa shape index (κ3) is 12.3. The molecule has 0 aromatic heterocycles. The van der Waals surface area contributed by atoms with Gasteiger partial charge in [0, 0.05) is 0 Å². The molecule has 0 aliphatic heterocycles. The molecule has 0 unspecified atom stereocenters. The van der Waals surface area contributed by atoms with Crippen molar-refractivity contribution in [1.29, 1.82) is 0 Å². The van der Waals surface area contributed by atoms with Crippen molar-refractivity contribution < 1.29 is 75.4 Å². The van der Waals surface area contributed by atoms with Gasteiger partial charge < -0.3 is 24.8 Å². The maximum absolute atomic E-state index is 12.5. The fourth-order valence-electron chi connectivity index (χ4n) is 5.96. The van der Waals surface area contributed by atoms with E-state index in [4.69, 9.17) is 0 Å². The zero-order valence-corrected chi connectivity index (χ0v) is 35.9. The standard InChI is InChI=1S/C17H17.C15H8F6.C13H21.2ClH.Zr/c1-10-5-14-9-15-6-11(2)13(4)8-17(15)16(14)7-12(10)3;16-14(17,18)12-5-1-10(2-6-12)9-11-3-7-13(8-4-11)15(19,20)21;1-5-6-7-11-8-9-12(10-11)13(2,3)4;;;/h5,7-8H,9H2,1-4H3;1-8H;8-10H,5-7H2,1-4H3;2*1H;/q-1;;-1;;;+2/p-2. The second-order valence-corrected chi connectivity index (χ2v) is 15.9. The van der Waals surface area contributed by atoms with Gasteiger partial charge >= 0.3 is 137 Å². The Labute approximate surface area is 344 Å². The molecule has 0 nitrogen and oxygen atoms in total. The fourth-order valence-corrected chi connectivity index (χ4v) is 6.78. The van der Waals surface area contributed by atoms with Gasteiger partial charge in [-0.05, 0) is 37.0 Å². The Balaban J connectivity index is 0.000000284. The first-order chi connectivity index (χ1) is 24.2. The van der Waals surface area contributed by atoms with Crippen molar-refractivity contribution in [2.24, 2.45) is 0 Å². The van der Waals surface area contributed by atoms with Crippen LogP contribution in [0.3, 0.4) is 0 Å². The molecule has 0 bridgehead atoms. The van der Waals surface area contributed by atoms with Gasteiger partial charge in [-0.3, -0.25) is 0 Å². The van der Waals surface area contributed by atoms with Crippen LogP contribution in [0.25, 0.3) is 11.1 Å². The molecule has 0 N–H and O–H groups in total. The molecule has 54 heavy (non-hydrogen) atoms. The third-order valence-electron chi connectivity index (χ3n) is 9.50. The van der Waals surface area contributed by atoms with E-state index in [0.29, 0.717) is 19.7 Å². The number of aryl methyl sites for hydroxylation is 5. The Morgan fingerprint density at radius 3 is 1.61 bits per heavy atom. The molecule has 0 atom stereocenters. The van der Waals surface area contributed by atoms with Crippen LogP contribution in [0.5, 0.6) is 0 Å². The predicted molar refractivity (Wildman–Crippen MR) is 198 cm³/mol. The van der Waals surface area contributed by atoms with Crippen LogP contribution >= 0.6 is 0 Å². The van der Waals surface area contributed by atoms with Gasteiger partial charge in [-0.15, -0.1) is 11.1 Å². The number of benzene rings is 4. The van der Waals surface area contributed by atoms with E-state index in [2.05, 4.69) is 97.9 Å². The van der Waals surface area contributed by atoms with Crippen LogP contribution in [0.1, 0.15) is 107 Å². The fraction of sp³-hybridized carbons (Fsp3) is 0.333. The molecule has 1 aliphatic rings. The van der Waals surface area contributed by atoms with Gasteiger partial charge in [0.2, 0.25) is 0 Å². The summed E-state index contributed by atoms with van der Waals surface area (Å²) in [6, 6.07) is 26.6. The molecule has 0 saturated heterocycles. The molecular formula is C45H46Cl2F6Zr-2. The van der Waals surface area contributed by atoms with E-state index in [1.807, 2.05) is 0 Å². The molecule has 0 spiro atoms. The van der Waals surface area contributed by atoms with Crippen LogP contribution < -0.4 is 24.8 Å². The summed E-state index contributed by atoms with van der Waals surface area (Å²) >= 11 is 0.898. The van der Waals surface area contributed by atoms with E-state index in [-0.39, 0.29) is 24.8 Å². The normalized spacial score (nSPS) is 11.9. The van der Waals surface area contributed by atoms with Crippen molar-refractivity contribution in [2.45, 2.75) is 98.8 Å². The number of hydrogen-bond acceptors (Lipinski definition) is 0. The zero-order valence-electron chi connectivity index (χ0n) is 31.9. The number of halogens is 8. The predicted octanol–water partition coefficient (Wildman–Crippen LogP) is 7.19. The van der Waals surface area contributed by atoms with E-state index in [0.717, 1.165) is 54.9 Å². The third-order valence-corrected chi connectivity index (χ3v) is 10.9. The molecule has 5 aromatic carbocycles. The van der Waals surface area contributed by atoms with Crippen LogP contribution in [-0.2, 0) is 54.8 Å². The molecule has 6 rings (SSSR count). The maximum atomic E-state index is 12.5. The molecule has 288 valence electrons. The van der Waals surface area contributed by atoms with Gasteiger partial charge in [0.1, 0.15) is 0 Å². The first-order valence-corrected chi connectivity index (χ1v) is 18.7. The summed E-state index contributed by atoms with van der Waals surface area (Å²) in [5, 5.41) is 0. The first kappa shape index (κ1) is 47.3. The van der Waals surface area contributed by atoms with Crippen molar-refractivity contribution >= 4 is 3.21 Å². The molecular weight excluding hydrogens is 817 g/mol. The monoisotopic (exact) mass is 860 g/mol. The molecule has 0 saturated carbocycles. The minimum atomic E-state index is -4.41. The van der Waals surface area contributed by atoms with Gasteiger partial charge in [-0.1, -0.05) is 83.9 Å². The second-order valence-electron chi connectivity index (χ2n) is 14.6. The summed E-state index contributed by atoms with van der Waals surface area (Å²) in [5.74, 6) is 0. The van der Waals surface area contributed by atoms with Crippen LogP contribution in [0.15, 0.2) is 84.9 Å². The average molecular weight is 863 g/mol. The summed E-state index contributed by atoms with van der Waals surface area (Å²) in [6.45, 7) is 17.8. The molecule has 9 heteroatoms. The minimum Gasteiger partial charge on any atom is -1.00 e. The van der Waals surface area contributed by atoms with Crippen molar-refractivity contribution in [3.05, 3.63) is 158 Å².